The molecule has 0 aliphatic carbocycles. The molecule has 0 N–H and O–H groups in total. The molecule has 0 saturated heterocycles. The highest BCUT2D eigenvalue weighted by Crippen LogP contribution is 2.05. The summed E-state index contributed by atoms with van der Waals surface area (Å²) in [7, 11) is 0. The normalized spacial score (nSPS) is 9.80. The standard InChI is InChI=1S/C7H12N2O/c1-3-9-6-5-8-7(9)10-4-2/h5-6H,3-4H2,1-2H3. The van der Waals surface area contributed by atoms with E-state index in [1.165, 1.54) is 0 Å². The first-order valence-corrected chi connectivity index (χ1v) is 3.52. The van der Waals surface area contributed by atoms with Crippen molar-refractivity contribution in [2.45, 2.75) is 20.4 Å². The van der Waals surface area contributed by atoms with Crippen LogP contribution in [0.15, 0.2) is 12.4 Å². The lowest BCUT2D eigenvalue weighted by atomic mass is 10.7. The van der Waals surface area contributed by atoms with Crippen molar-refractivity contribution in [1.82, 2.24) is 9.55 Å². The van der Waals surface area contributed by atoms with Crippen LogP contribution in [0.4, 0.5) is 0 Å². The van der Waals surface area contributed by atoms with E-state index < -0.39 is 0 Å². The summed E-state index contributed by atoms with van der Waals surface area (Å²) in [6, 6.07) is 0.713. The van der Waals surface area contributed by atoms with Crippen LogP contribution in [0.25, 0.3) is 0 Å². The third-order valence-corrected chi connectivity index (χ3v) is 1.29. The van der Waals surface area contributed by atoms with Crippen LogP contribution >= 0.6 is 0 Å². The minimum absolute atomic E-state index is 0.678. The summed E-state index contributed by atoms with van der Waals surface area (Å²) in [4.78, 5) is 4.02. The van der Waals surface area contributed by atoms with Gasteiger partial charge in [0.25, 0.3) is 6.01 Å². The molecule has 0 aliphatic heterocycles. The molecule has 56 valence electrons. The summed E-state index contributed by atoms with van der Waals surface area (Å²) in [6.45, 7) is 5.60. The maximum atomic E-state index is 5.22. The average Bonchev–Trinajstić information content (AvgIpc) is 2.36. The topological polar surface area (TPSA) is 27.1 Å². The number of hydrogen-bond acceptors (Lipinski definition) is 2. The van der Waals surface area contributed by atoms with Gasteiger partial charge in [-0.25, -0.2) is 4.98 Å². The fraction of sp³-hybridized carbons (Fsp3) is 0.571. The Balaban J connectivity index is 2.70. The van der Waals surface area contributed by atoms with E-state index in [2.05, 4.69) is 11.9 Å². The molecule has 0 saturated carbocycles. The minimum Gasteiger partial charge on any atom is -0.465 e. The van der Waals surface area contributed by atoms with Gasteiger partial charge in [-0.1, -0.05) is 0 Å². The second-order valence-corrected chi connectivity index (χ2v) is 1.93. The van der Waals surface area contributed by atoms with Crippen molar-refractivity contribution < 1.29 is 4.74 Å². The summed E-state index contributed by atoms with van der Waals surface area (Å²) < 4.78 is 7.18. The monoisotopic (exact) mass is 140 g/mol. The molecule has 0 spiro atoms. The van der Waals surface area contributed by atoms with Crippen LogP contribution in [0, 0.1) is 0 Å². The predicted octanol–water partition coefficient (Wildman–Crippen LogP) is 1.30. The molecule has 0 aliphatic rings. The Labute approximate surface area is 60.6 Å². The van der Waals surface area contributed by atoms with Gasteiger partial charge in [0.15, 0.2) is 0 Å². The first kappa shape index (κ1) is 7.12. The van der Waals surface area contributed by atoms with Crippen LogP contribution in [-0.4, -0.2) is 16.2 Å². The number of nitrogens with zero attached hydrogens (tertiary/aromatic N) is 2. The molecular formula is C7H12N2O. The largest absolute Gasteiger partial charge is 0.465 e. The molecular weight excluding hydrogens is 128 g/mol. The molecule has 1 rings (SSSR count). The molecule has 0 atom stereocenters. The molecule has 0 radical (unpaired) electrons. The van der Waals surface area contributed by atoms with Crippen molar-refractivity contribution in [2.24, 2.45) is 0 Å². The molecule has 0 amide bonds. The summed E-state index contributed by atoms with van der Waals surface area (Å²) >= 11 is 0. The van der Waals surface area contributed by atoms with Crippen LogP contribution in [0.5, 0.6) is 6.01 Å². The molecule has 1 heterocycles. The van der Waals surface area contributed by atoms with Gasteiger partial charge in [-0.3, -0.25) is 0 Å². The van der Waals surface area contributed by atoms with E-state index >= 15 is 0 Å². The lowest BCUT2D eigenvalue weighted by Crippen LogP contribution is -2.00. The van der Waals surface area contributed by atoms with Gasteiger partial charge in [-0.2, -0.15) is 0 Å². The maximum Gasteiger partial charge on any atom is 0.296 e. The summed E-state index contributed by atoms with van der Waals surface area (Å²) in [5, 5.41) is 0. The first-order chi connectivity index (χ1) is 4.88. The van der Waals surface area contributed by atoms with Crippen molar-refractivity contribution in [3.63, 3.8) is 0 Å². The van der Waals surface area contributed by atoms with Gasteiger partial charge in [0.05, 0.1) is 6.61 Å². The highest BCUT2D eigenvalue weighted by atomic mass is 16.5. The zero-order valence-corrected chi connectivity index (χ0v) is 6.37. The Hall–Kier alpha value is -0.990. The van der Waals surface area contributed by atoms with Crippen molar-refractivity contribution in [3.05, 3.63) is 12.4 Å². The van der Waals surface area contributed by atoms with Crippen molar-refractivity contribution in [3.8, 4) is 6.01 Å². The number of imidazole rings is 1. The molecule has 0 aromatic carbocycles. The number of hydrogen-bond donors (Lipinski definition) is 0. The lowest BCUT2D eigenvalue weighted by molar-refractivity contribution is 0.298. The SMILES string of the molecule is CCOc1nccn1CC. The van der Waals surface area contributed by atoms with E-state index in [9.17, 15) is 0 Å². The Kier molecular flexibility index (Phi) is 2.31. The van der Waals surface area contributed by atoms with Gasteiger partial charge in [0, 0.05) is 18.9 Å². The van der Waals surface area contributed by atoms with E-state index in [0.717, 1.165) is 6.54 Å². The Morgan fingerprint density at radius 1 is 1.60 bits per heavy atom. The van der Waals surface area contributed by atoms with Gasteiger partial charge in [0.2, 0.25) is 0 Å². The van der Waals surface area contributed by atoms with Crippen LogP contribution in [0.1, 0.15) is 13.8 Å². The van der Waals surface area contributed by atoms with E-state index in [-0.39, 0.29) is 0 Å². The van der Waals surface area contributed by atoms with Gasteiger partial charge in [-0.15, -0.1) is 0 Å². The number of ether oxygens (including phenoxy) is 1. The van der Waals surface area contributed by atoms with Gasteiger partial charge in [0.1, 0.15) is 0 Å². The molecule has 0 bridgehead atoms. The van der Waals surface area contributed by atoms with Crippen LogP contribution in [-0.2, 0) is 6.54 Å². The Morgan fingerprint density at radius 3 is 3.00 bits per heavy atom. The molecule has 3 heteroatoms. The molecule has 1 aromatic rings. The average molecular weight is 140 g/mol. The second-order valence-electron chi connectivity index (χ2n) is 1.93. The van der Waals surface area contributed by atoms with Gasteiger partial charge in [-0.05, 0) is 13.8 Å². The number of rotatable bonds is 3. The Morgan fingerprint density at radius 2 is 2.40 bits per heavy atom. The van der Waals surface area contributed by atoms with Crippen LogP contribution in [0.2, 0.25) is 0 Å². The zero-order valence-electron chi connectivity index (χ0n) is 6.37. The smallest absolute Gasteiger partial charge is 0.296 e. The number of aromatic nitrogens is 2. The second kappa shape index (κ2) is 3.25. The van der Waals surface area contributed by atoms with Gasteiger partial charge >= 0.3 is 0 Å². The fourth-order valence-corrected chi connectivity index (χ4v) is 0.805. The van der Waals surface area contributed by atoms with Crippen molar-refractivity contribution in [2.75, 3.05) is 6.61 Å². The molecule has 1 aromatic heterocycles. The highest BCUT2D eigenvalue weighted by Gasteiger charge is 1.97. The maximum absolute atomic E-state index is 5.22. The zero-order chi connectivity index (χ0) is 7.40. The van der Waals surface area contributed by atoms with E-state index in [1.807, 2.05) is 17.7 Å². The molecule has 3 nitrogen and oxygen atoms in total. The fourth-order valence-electron chi connectivity index (χ4n) is 0.805. The minimum atomic E-state index is 0.678. The summed E-state index contributed by atoms with van der Waals surface area (Å²) in [6.07, 6.45) is 3.65. The molecule has 0 unspecified atom stereocenters. The van der Waals surface area contributed by atoms with Crippen molar-refractivity contribution >= 4 is 0 Å². The quantitative estimate of drug-likeness (QED) is 0.632. The van der Waals surface area contributed by atoms with Crippen molar-refractivity contribution in [1.29, 1.82) is 0 Å². The molecule has 0 fully saturated rings. The Bertz CT molecular complexity index is 195. The van der Waals surface area contributed by atoms with E-state index in [0.29, 0.717) is 12.6 Å². The predicted molar refractivity (Wildman–Crippen MR) is 39.1 cm³/mol. The third-order valence-electron chi connectivity index (χ3n) is 1.29. The summed E-state index contributed by atoms with van der Waals surface area (Å²) in [5.41, 5.74) is 0. The van der Waals surface area contributed by atoms with E-state index in [1.54, 1.807) is 6.20 Å². The lowest BCUT2D eigenvalue weighted by Gasteiger charge is -2.02. The van der Waals surface area contributed by atoms with E-state index in [4.69, 9.17) is 4.74 Å². The molecule has 10 heavy (non-hydrogen) atoms. The van der Waals surface area contributed by atoms with Crippen LogP contribution < -0.4 is 4.74 Å². The summed E-state index contributed by atoms with van der Waals surface area (Å²) in [5.74, 6) is 0. The van der Waals surface area contributed by atoms with Crippen LogP contribution in [0.3, 0.4) is 0 Å². The van der Waals surface area contributed by atoms with Gasteiger partial charge < -0.3 is 9.30 Å². The number of aryl methyl sites for hydroxylation is 1. The third kappa shape index (κ3) is 1.29. The highest BCUT2D eigenvalue weighted by molar-refractivity contribution is 4.97. The first-order valence-electron chi connectivity index (χ1n) is 3.52.